The summed E-state index contributed by atoms with van der Waals surface area (Å²) in [4.78, 5) is 14.9. The van der Waals surface area contributed by atoms with Crippen LogP contribution in [0.15, 0.2) is 83.0 Å². The van der Waals surface area contributed by atoms with Crippen molar-refractivity contribution < 1.29 is 19.4 Å². The summed E-state index contributed by atoms with van der Waals surface area (Å²) in [5.41, 5.74) is 3.12. The second kappa shape index (κ2) is 8.86. The van der Waals surface area contributed by atoms with Crippen molar-refractivity contribution in [3.05, 3.63) is 99.7 Å². The molecule has 1 aliphatic heterocycles. The fourth-order valence-electron chi connectivity index (χ4n) is 3.92. The predicted octanol–water partition coefficient (Wildman–Crippen LogP) is 5.52. The molecule has 1 amide bonds. The van der Waals surface area contributed by atoms with Crippen LogP contribution in [0.1, 0.15) is 22.7 Å². The minimum Gasteiger partial charge on any atom is -0.503 e. The summed E-state index contributed by atoms with van der Waals surface area (Å²) in [5.74, 6) is 0.640. The Balaban J connectivity index is 1.81. The van der Waals surface area contributed by atoms with Gasteiger partial charge in [-0.2, -0.15) is 0 Å². The molecule has 3 aromatic rings. The van der Waals surface area contributed by atoms with Crippen molar-refractivity contribution >= 4 is 27.4 Å². The first-order chi connectivity index (χ1) is 15.0. The molecule has 0 aromatic heterocycles. The van der Waals surface area contributed by atoms with E-state index in [1.807, 2.05) is 66.7 Å². The topological polar surface area (TPSA) is 59.0 Å². The number of methoxy groups -OCH3 is 2. The first kappa shape index (κ1) is 21.0. The lowest BCUT2D eigenvalue weighted by atomic mass is 9.93. The maximum absolute atomic E-state index is 13.2. The number of nitrogens with zero attached hydrogens (tertiary/aromatic N) is 1. The van der Waals surface area contributed by atoms with Gasteiger partial charge in [-0.25, -0.2) is 0 Å². The molecular weight excluding hydrogens is 458 g/mol. The van der Waals surface area contributed by atoms with Gasteiger partial charge < -0.3 is 19.5 Å². The molecule has 0 spiro atoms. The van der Waals surface area contributed by atoms with Crippen molar-refractivity contribution in [2.45, 2.75) is 12.6 Å². The van der Waals surface area contributed by atoms with Gasteiger partial charge in [0.15, 0.2) is 5.76 Å². The van der Waals surface area contributed by atoms with E-state index in [1.165, 1.54) is 0 Å². The Labute approximate surface area is 189 Å². The summed E-state index contributed by atoms with van der Waals surface area (Å²) < 4.78 is 11.7. The number of amides is 1. The minimum atomic E-state index is -0.445. The number of rotatable bonds is 6. The van der Waals surface area contributed by atoms with Crippen LogP contribution >= 0.6 is 15.9 Å². The molecule has 0 bridgehead atoms. The highest BCUT2D eigenvalue weighted by Gasteiger charge is 2.41. The molecule has 0 saturated carbocycles. The van der Waals surface area contributed by atoms with Crippen LogP contribution in [0.4, 0.5) is 0 Å². The summed E-state index contributed by atoms with van der Waals surface area (Å²) >= 11 is 3.53. The van der Waals surface area contributed by atoms with Crippen LogP contribution in [-0.2, 0) is 11.3 Å². The number of halogens is 1. The number of benzene rings is 3. The van der Waals surface area contributed by atoms with Crippen LogP contribution in [0.3, 0.4) is 0 Å². The zero-order valence-corrected chi connectivity index (χ0v) is 18.8. The second-order valence-electron chi connectivity index (χ2n) is 7.20. The molecule has 31 heavy (non-hydrogen) atoms. The number of carbonyl (C=O) groups is 1. The molecule has 1 aliphatic rings. The monoisotopic (exact) mass is 479 g/mol. The first-order valence-corrected chi connectivity index (χ1v) is 10.6. The standard InChI is InChI=1S/C25H22BrNO4/c1-30-20-12-11-18(21(14-20)31-2)15-27-23(17-9-6-10-19(26)13-17)22(24(28)25(27)29)16-7-4-3-5-8-16/h3-14,23,28H,15H2,1-2H3. The zero-order chi connectivity index (χ0) is 22.0. The molecular formula is C25H22BrNO4. The highest BCUT2D eigenvalue weighted by Crippen LogP contribution is 2.44. The molecule has 158 valence electrons. The molecule has 1 N–H and O–H groups in total. The van der Waals surface area contributed by atoms with Gasteiger partial charge in [0.1, 0.15) is 11.5 Å². The molecule has 3 aromatic carbocycles. The summed E-state index contributed by atoms with van der Waals surface area (Å²) in [5, 5.41) is 10.9. The smallest absolute Gasteiger partial charge is 0.290 e. The van der Waals surface area contributed by atoms with Crippen LogP contribution in [0.2, 0.25) is 0 Å². The average Bonchev–Trinajstić information content (AvgIpc) is 3.05. The van der Waals surface area contributed by atoms with E-state index in [1.54, 1.807) is 25.2 Å². The maximum Gasteiger partial charge on any atom is 0.290 e. The van der Waals surface area contributed by atoms with Crippen molar-refractivity contribution in [3.8, 4) is 11.5 Å². The Hall–Kier alpha value is -3.25. The molecule has 4 rings (SSSR count). The van der Waals surface area contributed by atoms with Gasteiger partial charge in [-0.05, 0) is 35.4 Å². The largest absolute Gasteiger partial charge is 0.503 e. The van der Waals surface area contributed by atoms with E-state index >= 15 is 0 Å². The summed E-state index contributed by atoms with van der Waals surface area (Å²) in [6.45, 7) is 0.267. The fourth-order valence-corrected chi connectivity index (χ4v) is 4.34. The molecule has 0 saturated heterocycles. The Morgan fingerprint density at radius 1 is 0.968 bits per heavy atom. The molecule has 0 aliphatic carbocycles. The Kier molecular flexibility index (Phi) is 6.00. The summed E-state index contributed by atoms with van der Waals surface area (Å²) in [7, 11) is 3.18. The van der Waals surface area contributed by atoms with Crippen molar-refractivity contribution in [2.24, 2.45) is 0 Å². The van der Waals surface area contributed by atoms with Gasteiger partial charge in [0, 0.05) is 21.7 Å². The van der Waals surface area contributed by atoms with Gasteiger partial charge in [-0.3, -0.25) is 4.79 Å². The Morgan fingerprint density at radius 3 is 2.42 bits per heavy atom. The number of ether oxygens (including phenoxy) is 2. The number of aliphatic hydroxyl groups excluding tert-OH is 1. The van der Waals surface area contributed by atoms with E-state index in [9.17, 15) is 9.90 Å². The maximum atomic E-state index is 13.2. The van der Waals surface area contributed by atoms with Crippen LogP contribution < -0.4 is 9.47 Å². The third kappa shape index (κ3) is 4.03. The molecule has 5 nitrogen and oxygen atoms in total. The van der Waals surface area contributed by atoms with Crippen LogP contribution in [0.5, 0.6) is 11.5 Å². The number of hydrogen-bond donors (Lipinski definition) is 1. The van der Waals surface area contributed by atoms with E-state index < -0.39 is 11.9 Å². The van der Waals surface area contributed by atoms with E-state index in [0.29, 0.717) is 17.1 Å². The third-order valence-corrected chi connectivity index (χ3v) is 5.88. The third-order valence-electron chi connectivity index (χ3n) is 5.39. The first-order valence-electron chi connectivity index (χ1n) is 9.79. The summed E-state index contributed by atoms with van der Waals surface area (Å²) in [6, 6.07) is 22.3. The molecule has 1 heterocycles. The highest BCUT2D eigenvalue weighted by molar-refractivity contribution is 9.10. The fraction of sp³-hybridized carbons (Fsp3) is 0.160. The van der Waals surface area contributed by atoms with E-state index in [0.717, 1.165) is 21.2 Å². The van der Waals surface area contributed by atoms with E-state index in [2.05, 4.69) is 15.9 Å². The molecule has 0 fully saturated rings. The van der Waals surface area contributed by atoms with Crippen LogP contribution in [-0.4, -0.2) is 30.1 Å². The van der Waals surface area contributed by atoms with Gasteiger partial charge in [-0.15, -0.1) is 0 Å². The van der Waals surface area contributed by atoms with Crippen molar-refractivity contribution in [2.75, 3.05) is 14.2 Å². The molecule has 0 radical (unpaired) electrons. The van der Waals surface area contributed by atoms with Crippen molar-refractivity contribution in [3.63, 3.8) is 0 Å². The van der Waals surface area contributed by atoms with Crippen LogP contribution in [0.25, 0.3) is 5.57 Å². The molecule has 6 heteroatoms. The van der Waals surface area contributed by atoms with Crippen LogP contribution in [0, 0.1) is 0 Å². The Morgan fingerprint density at radius 2 is 1.74 bits per heavy atom. The van der Waals surface area contributed by atoms with Crippen molar-refractivity contribution in [1.29, 1.82) is 0 Å². The SMILES string of the molecule is COc1ccc(CN2C(=O)C(O)=C(c3ccccc3)C2c2cccc(Br)c2)c(OC)c1. The van der Waals surface area contributed by atoms with Gasteiger partial charge in [0.25, 0.3) is 5.91 Å². The zero-order valence-electron chi connectivity index (χ0n) is 17.2. The molecule has 1 atom stereocenters. The average molecular weight is 480 g/mol. The summed E-state index contributed by atoms with van der Waals surface area (Å²) in [6.07, 6.45) is 0. The van der Waals surface area contributed by atoms with E-state index in [4.69, 9.17) is 9.47 Å². The van der Waals surface area contributed by atoms with Gasteiger partial charge in [0.2, 0.25) is 0 Å². The number of hydrogen-bond acceptors (Lipinski definition) is 4. The molecule has 1 unspecified atom stereocenters. The van der Waals surface area contributed by atoms with Crippen molar-refractivity contribution in [1.82, 2.24) is 4.90 Å². The highest BCUT2D eigenvalue weighted by atomic mass is 79.9. The lowest BCUT2D eigenvalue weighted by molar-refractivity contribution is -0.130. The second-order valence-corrected chi connectivity index (χ2v) is 8.11. The lowest BCUT2D eigenvalue weighted by Crippen LogP contribution is -2.30. The lowest BCUT2D eigenvalue weighted by Gasteiger charge is -2.28. The van der Waals surface area contributed by atoms with E-state index in [-0.39, 0.29) is 12.3 Å². The predicted molar refractivity (Wildman–Crippen MR) is 123 cm³/mol. The van der Waals surface area contributed by atoms with Gasteiger partial charge in [-0.1, -0.05) is 58.4 Å². The van der Waals surface area contributed by atoms with Gasteiger partial charge in [0.05, 0.1) is 26.8 Å². The Bertz CT molecular complexity index is 1140. The quantitative estimate of drug-likeness (QED) is 0.505. The minimum absolute atomic E-state index is 0.233. The number of carbonyl (C=O) groups excluding carboxylic acids is 1. The normalized spacial score (nSPS) is 16.0. The van der Waals surface area contributed by atoms with Gasteiger partial charge >= 0.3 is 0 Å². The number of aliphatic hydroxyl groups is 1.